The maximum atomic E-state index is 11.6. The topological polar surface area (TPSA) is 71.5 Å². The van der Waals surface area contributed by atoms with Crippen LogP contribution in [-0.2, 0) is 11.3 Å². The first-order chi connectivity index (χ1) is 7.81. The van der Waals surface area contributed by atoms with Gasteiger partial charge < -0.3 is 9.84 Å². The van der Waals surface area contributed by atoms with Crippen molar-refractivity contribution in [3.63, 3.8) is 0 Å². The van der Waals surface area contributed by atoms with E-state index in [1.165, 1.54) is 0 Å². The van der Waals surface area contributed by atoms with Crippen LogP contribution in [0.3, 0.4) is 0 Å². The van der Waals surface area contributed by atoms with Crippen molar-refractivity contribution in [2.45, 2.75) is 39.9 Å². The summed E-state index contributed by atoms with van der Waals surface area (Å²) in [6.45, 7) is 7.05. The number of aliphatic hydroxyl groups is 1. The number of pyridine rings is 1. The monoisotopic (exact) mass is 238 g/mol. The lowest BCUT2D eigenvalue weighted by molar-refractivity contribution is 0.0635. The number of amides is 1. The van der Waals surface area contributed by atoms with E-state index in [0.717, 1.165) is 5.56 Å². The zero-order valence-electron chi connectivity index (χ0n) is 10.6. The molecule has 1 aromatic heterocycles. The number of rotatable bonds is 2. The highest BCUT2D eigenvalue weighted by atomic mass is 16.6. The van der Waals surface area contributed by atoms with Crippen molar-refractivity contribution >= 4 is 11.8 Å². The predicted molar refractivity (Wildman–Crippen MR) is 64.8 cm³/mol. The number of hydrogen-bond donors (Lipinski definition) is 2. The molecule has 0 atom stereocenters. The van der Waals surface area contributed by atoms with Crippen LogP contribution in [0.1, 0.15) is 32.0 Å². The molecule has 0 saturated carbocycles. The summed E-state index contributed by atoms with van der Waals surface area (Å²) in [6.07, 6.45) is 1.08. The highest BCUT2D eigenvalue weighted by molar-refractivity contribution is 5.85. The van der Waals surface area contributed by atoms with Gasteiger partial charge in [-0.25, -0.2) is 4.79 Å². The molecule has 0 aromatic carbocycles. The van der Waals surface area contributed by atoms with E-state index in [0.29, 0.717) is 11.4 Å². The number of carbonyl (C=O) groups excluding carboxylic acids is 1. The molecule has 0 unspecified atom stereocenters. The van der Waals surface area contributed by atoms with Crippen molar-refractivity contribution in [3.8, 4) is 0 Å². The normalized spacial score (nSPS) is 11.1. The summed E-state index contributed by atoms with van der Waals surface area (Å²) >= 11 is 0. The number of aliphatic hydroxyl groups excluding tert-OH is 1. The largest absolute Gasteiger partial charge is 0.444 e. The molecule has 94 valence electrons. The number of nitrogens with zero attached hydrogens (tertiary/aromatic N) is 1. The maximum absolute atomic E-state index is 11.6. The first kappa shape index (κ1) is 13.4. The Hall–Kier alpha value is -1.62. The molecule has 17 heavy (non-hydrogen) atoms. The fourth-order valence-corrected chi connectivity index (χ4v) is 1.20. The Morgan fingerprint density at radius 3 is 2.71 bits per heavy atom. The van der Waals surface area contributed by atoms with Gasteiger partial charge in [-0.15, -0.1) is 0 Å². The average Bonchev–Trinajstić information content (AvgIpc) is 2.18. The van der Waals surface area contributed by atoms with E-state index in [1.54, 1.807) is 33.0 Å². The summed E-state index contributed by atoms with van der Waals surface area (Å²) in [5, 5.41) is 11.6. The first-order valence-electron chi connectivity index (χ1n) is 5.38. The highest BCUT2D eigenvalue weighted by Gasteiger charge is 2.16. The Bertz CT molecular complexity index is 411. The fourth-order valence-electron chi connectivity index (χ4n) is 1.20. The summed E-state index contributed by atoms with van der Waals surface area (Å²) in [7, 11) is 0. The molecule has 0 fully saturated rings. The fraction of sp³-hybridized carbons (Fsp3) is 0.500. The maximum Gasteiger partial charge on any atom is 0.412 e. The zero-order chi connectivity index (χ0) is 13.1. The molecule has 1 heterocycles. The van der Waals surface area contributed by atoms with Gasteiger partial charge in [0.2, 0.25) is 0 Å². The second-order valence-electron chi connectivity index (χ2n) is 4.78. The van der Waals surface area contributed by atoms with Crippen molar-refractivity contribution in [1.82, 2.24) is 4.98 Å². The van der Waals surface area contributed by atoms with Crippen LogP contribution in [0, 0.1) is 6.92 Å². The third-order valence-electron chi connectivity index (χ3n) is 1.96. The van der Waals surface area contributed by atoms with E-state index >= 15 is 0 Å². The lowest BCUT2D eigenvalue weighted by Gasteiger charge is -2.20. The van der Waals surface area contributed by atoms with E-state index in [9.17, 15) is 4.79 Å². The van der Waals surface area contributed by atoms with Gasteiger partial charge in [0.05, 0.1) is 18.0 Å². The molecule has 5 nitrogen and oxygen atoms in total. The molecule has 0 spiro atoms. The zero-order valence-corrected chi connectivity index (χ0v) is 10.6. The third-order valence-corrected chi connectivity index (χ3v) is 1.96. The van der Waals surface area contributed by atoms with E-state index < -0.39 is 11.7 Å². The molecule has 0 aliphatic rings. The summed E-state index contributed by atoms with van der Waals surface area (Å²) in [6, 6.07) is 1.62. The van der Waals surface area contributed by atoms with Crippen LogP contribution in [0.15, 0.2) is 12.3 Å². The SMILES string of the molecule is Cc1cnc(CO)cc1NC(=O)OC(C)(C)C. The Balaban J connectivity index is 2.77. The number of carbonyl (C=O) groups is 1. The smallest absolute Gasteiger partial charge is 0.412 e. The molecule has 1 aromatic rings. The van der Waals surface area contributed by atoms with Crippen molar-refractivity contribution in [2.75, 3.05) is 5.32 Å². The lowest BCUT2D eigenvalue weighted by atomic mass is 10.2. The molecule has 2 N–H and O–H groups in total. The number of aromatic nitrogens is 1. The second-order valence-corrected chi connectivity index (χ2v) is 4.78. The van der Waals surface area contributed by atoms with Crippen molar-refractivity contribution in [3.05, 3.63) is 23.5 Å². The summed E-state index contributed by atoms with van der Waals surface area (Å²) in [4.78, 5) is 15.6. The second kappa shape index (κ2) is 5.14. The molecule has 1 amide bonds. The Morgan fingerprint density at radius 1 is 1.53 bits per heavy atom. The number of ether oxygens (including phenoxy) is 1. The molecule has 1 rings (SSSR count). The molecule has 0 radical (unpaired) electrons. The van der Waals surface area contributed by atoms with Gasteiger partial charge in [0.1, 0.15) is 5.60 Å². The molecule has 0 saturated heterocycles. The minimum Gasteiger partial charge on any atom is -0.444 e. The number of hydrogen-bond acceptors (Lipinski definition) is 4. The number of anilines is 1. The highest BCUT2D eigenvalue weighted by Crippen LogP contribution is 2.16. The van der Waals surface area contributed by atoms with Crippen molar-refractivity contribution < 1.29 is 14.6 Å². The van der Waals surface area contributed by atoms with Crippen LogP contribution < -0.4 is 5.32 Å². The number of nitrogens with one attached hydrogen (secondary N) is 1. The molecule has 0 aliphatic heterocycles. The Morgan fingerprint density at radius 2 is 2.18 bits per heavy atom. The van der Waals surface area contributed by atoms with Gasteiger partial charge in [-0.1, -0.05) is 0 Å². The van der Waals surface area contributed by atoms with Gasteiger partial charge in [-0.05, 0) is 39.3 Å². The van der Waals surface area contributed by atoms with E-state index in [-0.39, 0.29) is 6.61 Å². The average molecular weight is 238 g/mol. The molecular formula is C12H18N2O3. The van der Waals surface area contributed by atoms with Gasteiger partial charge in [-0.3, -0.25) is 10.3 Å². The molecular weight excluding hydrogens is 220 g/mol. The van der Waals surface area contributed by atoms with Crippen LogP contribution in [0.4, 0.5) is 10.5 Å². The van der Waals surface area contributed by atoms with Crippen LogP contribution in [0.2, 0.25) is 0 Å². The van der Waals surface area contributed by atoms with E-state index in [2.05, 4.69) is 10.3 Å². The first-order valence-corrected chi connectivity index (χ1v) is 5.38. The van der Waals surface area contributed by atoms with Crippen LogP contribution in [-0.4, -0.2) is 21.8 Å². The molecule has 5 heteroatoms. The van der Waals surface area contributed by atoms with Gasteiger partial charge in [0.25, 0.3) is 0 Å². The van der Waals surface area contributed by atoms with Gasteiger partial charge in [0.15, 0.2) is 0 Å². The molecule has 0 bridgehead atoms. The minimum absolute atomic E-state index is 0.163. The number of aryl methyl sites for hydroxylation is 1. The third kappa shape index (κ3) is 4.40. The van der Waals surface area contributed by atoms with Crippen LogP contribution in [0.25, 0.3) is 0 Å². The van der Waals surface area contributed by atoms with Crippen molar-refractivity contribution in [1.29, 1.82) is 0 Å². The van der Waals surface area contributed by atoms with Crippen molar-refractivity contribution in [2.24, 2.45) is 0 Å². The Labute approximate surface area is 101 Å². The lowest BCUT2D eigenvalue weighted by Crippen LogP contribution is -2.27. The minimum atomic E-state index is -0.537. The summed E-state index contributed by atoms with van der Waals surface area (Å²) in [5.41, 5.74) is 1.37. The standard InChI is InChI=1S/C12H18N2O3/c1-8-6-13-9(7-15)5-10(8)14-11(16)17-12(2,3)4/h5-6,15H,7H2,1-4H3,(H,13,14,16). The van der Waals surface area contributed by atoms with Crippen LogP contribution in [0.5, 0.6) is 0 Å². The summed E-state index contributed by atoms with van der Waals surface area (Å²) < 4.78 is 5.14. The van der Waals surface area contributed by atoms with E-state index in [4.69, 9.17) is 9.84 Å². The Kier molecular flexibility index (Phi) is 4.07. The van der Waals surface area contributed by atoms with Gasteiger partial charge in [-0.2, -0.15) is 0 Å². The molecule has 0 aliphatic carbocycles. The van der Waals surface area contributed by atoms with Gasteiger partial charge in [0, 0.05) is 6.20 Å². The van der Waals surface area contributed by atoms with Crippen LogP contribution >= 0.6 is 0 Å². The van der Waals surface area contributed by atoms with Gasteiger partial charge >= 0.3 is 6.09 Å². The summed E-state index contributed by atoms with van der Waals surface area (Å²) in [5.74, 6) is 0. The predicted octanol–water partition coefficient (Wildman–Crippen LogP) is 2.23. The quantitative estimate of drug-likeness (QED) is 0.828. The van der Waals surface area contributed by atoms with E-state index in [1.807, 2.05) is 6.92 Å².